The Kier molecular flexibility index (Phi) is 3.54. The number of phenols is 1. The third kappa shape index (κ3) is 2.22. The number of hydrogen-bond donors (Lipinski definition) is 2. The average Bonchev–Trinajstić information content (AvgIpc) is 2.80. The Morgan fingerprint density at radius 1 is 1.25 bits per heavy atom. The molecule has 0 spiro atoms. The lowest BCUT2D eigenvalue weighted by molar-refractivity contribution is 0.0258. The quantitative estimate of drug-likeness (QED) is 0.791. The third-order valence-electron chi connectivity index (χ3n) is 7.06. The molecule has 1 aromatic carbocycles. The fraction of sp³-hybridized carbons (Fsp3) is 0.600. The highest BCUT2D eigenvalue weighted by atomic mass is 19.3. The zero-order valence-electron chi connectivity index (χ0n) is 13.9. The van der Waals surface area contributed by atoms with Crippen molar-refractivity contribution in [3.63, 3.8) is 0 Å². The van der Waals surface area contributed by atoms with Crippen molar-refractivity contribution < 1.29 is 19.0 Å². The minimum Gasteiger partial charge on any atom is -0.508 e. The normalized spacial score (nSPS) is 40.4. The van der Waals surface area contributed by atoms with E-state index in [1.54, 1.807) is 12.1 Å². The van der Waals surface area contributed by atoms with Crippen LogP contribution in [-0.2, 0) is 11.8 Å². The van der Waals surface area contributed by atoms with Gasteiger partial charge in [-0.2, -0.15) is 8.78 Å². The van der Waals surface area contributed by atoms with Crippen LogP contribution in [0.5, 0.6) is 5.75 Å². The monoisotopic (exact) mass is 334 g/mol. The highest BCUT2D eigenvalue weighted by molar-refractivity contribution is 5.46. The maximum Gasteiger partial charge on any atom is 0.267 e. The molecule has 0 bridgehead atoms. The van der Waals surface area contributed by atoms with Gasteiger partial charge in [-0.25, -0.2) is 0 Å². The Hall–Kier alpha value is -1.42. The number of halogens is 2. The topological polar surface area (TPSA) is 40.5 Å². The minimum absolute atomic E-state index is 0.0582. The second kappa shape index (κ2) is 5.29. The molecule has 0 aromatic heterocycles. The van der Waals surface area contributed by atoms with Crippen LogP contribution in [0.25, 0.3) is 0 Å². The molecule has 4 rings (SSSR count). The van der Waals surface area contributed by atoms with Crippen molar-refractivity contribution in [2.45, 2.75) is 57.0 Å². The van der Waals surface area contributed by atoms with Gasteiger partial charge in [-0.3, -0.25) is 0 Å². The van der Waals surface area contributed by atoms with E-state index in [9.17, 15) is 19.0 Å². The summed E-state index contributed by atoms with van der Waals surface area (Å²) in [6.45, 7) is 2.22. The first kappa shape index (κ1) is 16.1. The molecule has 4 heteroatoms. The number of fused-ring (bicyclic) bond motifs is 5. The van der Waals surface area contributed by atoms with Gasteiger partial charge >= 0.3 is 0 Å². The first-order chi connectivity index (χ1) is 11.3. The average molecular weight is 334 g/mol. The van der Waals surface area contributed by atoms with Crippen molar-refractivity contribution in [1.29, 1.82) is 0 Å². The molecule has 130 valence electrons. The number of aromatic hydroxyl groups is 1. The fourth-order valence-electron chi connectivity index (χ4n) is 6.12. The van der Waals surface area contributed by atoms with E-state index in [1.807, 2.05) is 6.07 Å². The second-order valence-corrected chi connectivity index (χ2v) is 8.32. The molecule has 0 radical (unpaired) electrons. The zero-order valence-corrected chi connectivity index (χ0v) is 13.9. The summed E-state index contributed by atoms with van der Waals surface area (Å²) in [5.41, 5.74) is 1.34. The smallest absolute Gasteiger partial charge is 0.267 e. The lowest BCUT2D eigenvalue weighted by Gasteiger charge is -2.55. The number of rotatable bonds is 1. The van der Waals surface area contributed by atoms with E-state index in [0.717, 1.165) is 43.2 Å². The van der Waals surface area contributed by atoms with Crippen LogP contribution in [0.1, 0.15) is 50.2 Å². The Balaban J connectivity index is 1.87. The number of phenolic OH excluding ortho intramolecular Hbond substituents is 1. The summed E-state index contributed by atoms with van der Waals surface area (Å²) in [6.07, 6.45) is 3.94. The van der Waals surface area contributed by atoms with Crippen molar-refractivity contribution >= 4 is 0 Å². The maximum absolute atomic E-state index is 13.4. The molecule has 3 aliphatic rings. The Bertz CT molecular complexity index is 697. The molecule has 2 saturated carbocycles. The van der Waals surface area contributed by atoms with Gasteiger partial charge in [0, 0.05) is 5.41 Å². The molecule has 1 aromatic rings. The van der Waals surface area contributed by atoms with Gasteiger partial charge in [-0.1, -0.05) is 13.0 Å². The van der Waals surface area contributed by atoms with Gasteiger partial charge in [0.15, 0.2) is 0 Å². The van der Waals surface area contributed by atoms with Crippen molar-refractivity contribution in [3.8, 4) is 5.75 Å². The molecular formula is C20H24F2O2. The highest BCUT2D eigenvalue weighted by Crippen LogP contribution is 2.64. The van der Waals surface area contributed by atoms with Gasteiger partial charge in [0.05, 0.1) is 6.10 Å². The third-order valence-corrected chi connectivity index (χ3v) is 7.06. The van der Waals surface area contributed by atoms with Crippen molar-refractivity contribution in [2.75, 3.05) is 0 Å². The number of aliphatic hydroxyl groups is 1. The molecule has 3 aliphatic carbocycles. The van der Waals surface area contributed by atoms with E-state index < -0.39 is 11.5 Å². The predicted molar refractivity (Wildman–Crippen MR) is 88.0 cm³/mol. The molecule has 0 heterocycles. The summed E-state index contributed by atoms with van der Waals surface area (Å²) in [6, 6.07) is 5.18. The minimum atomic E-state index is -1.62. The first-order valence-electron chi connectivity index (χ1n) is 8.88. The fourth-order valence-corrected chi connectivity index (χ4v) is 6.12. The molecule has 2 N–H and O–H groups in total. The first-order valence-corrected chi connectivity index (χ1v) is 8.88. The summed E-state index contributed by atoms with van der Waals surface area (Å²) in [5.74, 6) is 0.606. The summed E-state index contributed by atoms with van der Waals surface area (Å²) in [5, 5.41) is 20.0. The SMILES string of the molecule is C[C@]12CCC3(C=C(F)F)c4ccc(O)cc4CC[C@H]3[C@@H]1CC(O)C2. The molecular weight excluding hydrogens is 310 g/mol. The van der Waals surface area contributed by atoms with E-state index in [2.05, 4.69) is 6.92 Å². The summed E-state index contributed by atoms with van der Waals surface area (Å²) in [4.78, 5) is 0. The zero-order chi connectivity index (χ0) is 17.1. The molecule has 2 fully saturated rings. The van der Waals surface area contributed by atoms with E-state index in [0.29, 0.717) is 6.42 Å². The molecule has 2 unspecified atom stereocenters. The van der Waals surface area contributed by atoms with Gasteiger partial charge in [-0.15, -0.1) is 0 Å². The van der Waals surface area contributed by atoms with Gasteiger partial charge in [0.25, 0.3) is 6.08 Å². The van der Waals surface area contributed by atoms with Gasteiger partial charge in [-0.05, 0) is 85.1 Å². The van der Waals surface area contributed by atoms with Crippen LogP contribution in [0, 0.1) is 17.3 Å². The molecule has 2 nitrogen and oxygen atoms in total. The summed E-state index contributed by atoms with van der Waals surface area (Å²) < 4.78 is 26.9. The van der Waals surface area contributed by atoms with Gasteiger partial charge in [0.2, 0.25) is 0 Å². The van der Waals surface area contributed by atoms with Crippen molar-refractivity contribution in [1.82, 2.24) is 0 Å². The van der Waals surface area contributed by atoms with Crippen LogP contribution in [0.2, 0.25) is 0 Å². The van der Waals surface area contributed by atoms with E-state index in [4.69, 9.17) is 0 Å². The lowest BCUT2D eigenvalue weighted by atomic mass is 9.49. The lowest BCUT2D eigenvalue weighted by Crippen LogP contribution is -2.50. The van der Waals surface area contributed by atoms with Gasteiger partial charge < -0.3 is 10.2 Å². The molecule has 0 aliphatic heterocycles. The van der Waals surface area contributed by atoms with Crippen molar-refractivity contribution in [2.24, 2.45) is 17.3 Å². The van der Waals surface area contributed by atoms with E-state index in [-0.39, 0.29) is 29.1 Å². The van der Waals surface area contributed by atoms with Crippen LogP contribution in [0.3, 0.4) is 0 Å². The van der Waals surface area contributed by atoms with E-state index in [1.165, 1.54) is 6.08 Å². The maximum atomic E-state index is 13.4. The second-order valence-electron chi connectivity index (χ2n) is 8.32. The van der Waals surface area contributed by atoms with Crippen LogP contribution in [0.4, 0.5) is 8.78 Å². The molecule has 0 saturated heterocycles. The standard InChI is InChI=1S/C20H24F2O2/c1-19-6-7-20(11-18(21)22)15-5-3-13(23)8-12(15)2-4-16(20)17(19)9-14(24)10-19/h3,5,8,11,14,16-17,23-24H,2,4,6-7,9-10H2,1H3/t14?,16-,17-,19+,20?/m0/s1. The largest absolute Gasteiger partial charge is 0.508 e. The molecule has 24 heavy (non-hydrogen) atoms. The predicted octanol–water partition coefficient (Wildman–Crippen LogP) is 4.54. The van der Waals surface area contributed by atoms with Gasteiger partial charge in [0.1, 0.15) is 5.75 Å². The number of hydrogen-bond acceptors (Lipinski definition) is 2. The van der Waals surface area contributed by atoms with Crippen LogP contribution < -0.4 is 0 Å². The van der Waals surface area contributed by atoms with Crippen molar-refractivity contribution in [3.05, 3.63) is 41.5 Å². The van der Waals surface area contributed by atoms with Crippen LogP contribution >= 0.6 is 0 Å². The number of benzene rings is 1. The Morgan fingerprint density at radius 3 is 2.79 bits per heavy atom. The summed E-state index contributed by atoms with van der Waals surface area (Å²) in [7, 11) is 0. The van der Waals surface area contributed by atoms with Crippen LogP contribution in [-0.4, -0.2) is 16.3 Å². The molecule has 0 amide bonds. The number of aliphatic hydroxyl groups excluding tert-OH is 1. The molecule has 5 atom stereocenters. The number of aryl methyl sites for hydroxylation is 1. The van der Waals surface area contributed by atoms with E-state index >= 15 is 0 Å². The summed E-state index contributed by atoms with van der Waals surface area (Å²) >= 11 is 0. The number of allylic oxidation sites excluding steroid dienone is 1. The van der Waals surface area contributed by atoms with Crippen LogP contribution in [0.15, 0.2) is 30.4 Å². The Labute approximate surface area is 141 Å². The Morgan fingerprint density at radius 2 is 2.04 bits per heavy atom. The highest BCUT2D eigenvalue weighted by Gasteiger charge is 2.58.